The van der Waals surface area contributed by atoms with Crippen LogP contribution < -0.4 is 0 Å². The number of methoxy groups -OCH3 is 1. The summed E-state index contributed by atoms with van der Waals surface area (Å²) in [6.45, 7) is 3.47. The molecule has 0 spiro atoms. The predicted octanol–water partition coefficient (Wildman–Crippen LogP) is 1.58. The summed E-state index contributed by atoms with van der Waals surface area (Å²) in [6.07, 6.45) is 3.81. The Morgan fingerprint density at radius 3 is 2.69 bits per heavy atom. The second kappa shape index (κ2) is 4.79. The van der Waals surface area contributed by atoms with Crippen molar-refractivity contribution < 1.29 is 14.3 Å². The lowest BCUT2D eigenvalue weighted by molar-refractivity contribution is -0.109. The van der Waals surface area contributed by atoms with Crippen LogP contribution in [0, 0.1) is 0 Å². The van der Waals surface area contributed by atoms with Crippen molar-refractivity contribution in [3.05, 3.63) is 12.2 Å². The van der Waals surface area contributed by atoms with Crippen molar-refractivity contribution in [2.75, 3.05) is 7.11 Å². The first-order valence-corrected chi connectivity index (χ1v) is 5.05. The molecule has 4 heteroatoms. The number of carbonyl (C=O) groups excluding carboxylic acids is 1. The third-order valence-corrected chi connectivity index (χ3v) is 2.66. The molecule has 0 saturated carbocycles. The van der Waals surface area contributed by atoms with Crippen LogP contribution in [-0.4, -0.2) is 29.9 Å². The van der Waals surface area contributed by atoms with E-state index in [1.54, 1.807) is 7.11 Å². The van der Waals surface area contributed by atoms with Gasteiger partial charge in [0.2, 0.25) is 0 Å². The van der Waals surface area contributed by atoms with E-state index in [0.717, 1.165) is 0 Å². The Morgan fingerprint density at radius 2 is 2.23 bits per heavy atom. The van der Waals surface area contributed by atoms with E-state index in [4.69, 9.17) is 9.47 Å². The van der Waals surface area contributed by atoms with Crippen LogP contribution in [0.15, 0.2) is 12.2 Å². The van der Waals surface area contributed by atoms with Crippen molar-refractivity contribution in [1.29, 1.82) is 0 Å². The average molecular weight is 202 g/mol. The fourth-order valence-electron chi connectivity index (χ4n) is 1.19. The molecule has 1 rings (SSSR count). The molecule has 0 aliphatic carbocycles. The lowest BCUT2D eigenvalue weighted by Gasteiger charge is -2.28. The Balaban J connectivity index is 2.51. The third kappa shape index (κ3) is 3.14. The van der Waals surface area contributed by atoms with Crippen LogP contribution in [0.25, 0.3) is 0 Å². The standard InChI is InChI=1S/C9H14O3S/c1-6-8(11-3)4-5-9(12-6)13-7(2)10/h4-6,8-9H,1-3H3/t6-,8+,9+/m0/s1. The number of hydrogen-bond acceptors (Lipinski definition) is 4. The highest BCUT2D eigenvalue weighted by atomic mass is 32.2. The second-order valence-corrected chi connectivity index (χ2v) is 4.18. The van der Waals surface area contributed by atoms with Crippen LogP contribution in [-0.2, 0) is 14.3 Å². The first kappa shape index (κ1) is 10.8. The number of ether oxygens (including phenoxy) is 2. The van der Waals surface area contributed by atoms with Gasteiger partial charge in [-0.25, -0.2) is 0 Å². The maximum absolute atomic E-state index is 10.8. The molecule has 0 unspecified atom stereocenters. The number of hydrogen-bond donors (Lipinski definition) is 0. The molecule has 1 aliphatic heterocycles. The molecule has 0 aromatic heterocycles. The average Bonchev–Trinajstić information content (AvgIpc) is 2.03. The third-order valence-electron chi connectivity index (χ3n) is 1.82. The van der Waals surface area contributed by atoms with Gasteiger partial charge in [-0.15, -0.1) is 0 Å². The van der Waals surface area contributed by atoms with Crippen molar-refractivity contribution >= 4 is 16.9 Å². The topological polar surface area (TPSA) is 35.5 Å². The monoisotopic (exact) mass is 202 g/mol. The largest absolute Gasteiger partial charge is 0.375 e. The summed E-state index contributed by atoms with van der Waals surface area (Å²) < 4.78 is 10.7. The van der Waals surface area contributed by atoms with Crippen molar-refractivity contribution in [1.82, 2.24) is 0 Å². The lowest BCUT2D eigenvalue weighted by atomic mass is 10.2. The van der Waals surface area contributed by atoms with Gasteiger partial charge in [-0.2, -0.15) is 0 Å². The molecule has 13 heavy (non-hydrogen) atoms. The second-order valence-electron chi connectivity index (χ2n) is 2.90. The number of thioether (sulfide) groups is 1. The molecule has 3 atom stereocenters. The van der Waals surface area contributed by atoms with Gasteiger partial charge in [0, 0.05) is 14.0 Å². The molecule has 0 N–H and O–H groups in total. The Bertz CT molecular complexity index is 215. The molecule has 0 saturated heterocycles. The zero-order valence-corrected chi connectivity index (χ0v) is 8.84. The number of rotatable bonds is 2. The lowest BCUT2D eigenvalue weighted by Crippen LogP contribution is -2.33. The summed E-state index contributed by atoms with van der Waals surface area (Å²) in [5, 5.41) is 0.0673. The highest BCUT2D eigenvalue weighted by Gasteiger charge is 2.24. The first-order valence-electron chi connectivity index (χ1n) is 4.17. The van der Waals surface area contributed by atoms with Crippen LogP contribution in [0.4, 0.5) is 0 Å². The molecule has 0 aromatic carbocycles. The number of carbonyl (C=O) groups is 1. The highest BCUT2D eigenvalue weighted by Crippen LogP contribution is 2.23. The Hall–Kier alpha value is -0.320. The maximum Gasteiger partial charge on any atom is 0.188 e. The molecule has 1 heterocycles. The molecule has 3 nitrogen and oxygen atoms in total. The Kier molecular flexibility index (Phi) is 3.96. The molecule has 0 aromatic rings. The van der Waals surface area contributed by atoms with E-state index in [0.29, 0.717) is 0 Å². The summed E-state index contributed by atoms with van der Waals surface area (Å²) >= 11 is 1.19. The van der Waals surface area contributed by atoms with E-state index in [-0.39, 0.29) is 22.8 Å². The summed E-state index contributed by atoms with van der Waals surface area (Å²) in [5.41, 5.74) is -0.154. The smallest absolute Gasteiger partial charge is 0.188 e. The normalized spacial score (nSPS) is 33.3. The van der Waals surface area contributed by atoms with Crippen molar-refractivity contribution in [2.45, 2.75) is 31.5 Å². The summed E-state index contributed by atoms with van der Waals surface area (Å²) in [5.74, 6) is 0. The Morgan fingerprint density at radius 1 is 1.54 bits per heavy atom. The zero-order chi connectivity index (χ0) is 9.84. The van der Waals surface area contributed by atoms with Crippen LogP contribution in [0.1, 0.15) is 13.8 Å². The van der Waals surface area contributed by atoms with Gasteiger partial charge >= 0.3 is 0 Å². The molecule has 0 fully saturated rings. The van der Waals surface area contributed by atoms with Crippen molar-refractivity contribution in [2.24, 2.45) is 0 Å². The van der Waals surface area contributed by atoms with Crippen molar-refractivity contribution in [3.8, 4) is 0 Å². The van der Waals surface area contributed by atoms with Gasteiger partial charge in [0.05, 0.1) is 6.10 Å². The zero-order valence-electron chi connectivity index (χ0n) is 8.02. The predicted molar refractivity (Wildman–Crippen MR) is 52.5 cm³/mol. The van der Waals surface area contributed by atoms with Gasteiger partial charge in [-0.1, -0.05) is 17.8 Å². The van der Waals surface area contributed by atoms with Crippen LogP contribution >= 0.6 is 11.8 Å². The minimum Gasteiger partial charge on any atom is -0.375 e. The van der Waals surface area contributed by atoms with E-state index in [1.165, 1.54) is 18.7 Å². The van der Waals surface area contributed by atoms with E-state index in [1.807, 2.05) is 19.1 Å². The molecule has 1 aliphatic rings. The maximum atomic E-state index is 10.8. The first-order chi connectivity index (χ1) is 6.13. The van der Waals surface area contributed by atoms with Gasteiger partial charge in [0.25, 0.3) is 0 Å². The molecule has 0 radical (unpaired) electrons. The van der Waals surface area contributed by atoms with Crippen LogP contribution in [0.2, 0.25) is 0 Å². The molecule has 0 bridgehead atoms. The van der Waals surface area contributed by atoms with Gasteiger partial charge in [0.1, 0.15) is 11.5 Å². The van der Waals surface area contributed by atoms with Gasteiger partial charge in [-0.3, -0.25) is 4.79 Å². The SMILES string of the molecule is CO[C@@H]1C=C[C@@H](SC(C)=O)O[C@H]1C. The van der Waals surface area contributed by atoms with E-state index in [9.17, 15) is 4.79 Å². The molecule has 0 amide bonds. The summed E-state index contributed by atoms with van der Waals surface area (Å²) in [7, 11) is 1.65. The van der Waals surface area contributed by atoms with Crippen LogP contribution in [0.3, 0.4) is 0 Å². The summed E-state index contributed by atoms with van der Waals surface area (Å²) in [6, 6.07) is 0. The minimum absolute atomic E-state index is 0.00353. The van der Waals surface area contributed by atoms with E-state index < -0.39 is 0 Å². The molecular weight excluding hydrogens is 188 g/mol. The summed E-state index contributed by atoms with van der Waals surface area (Å²) in [4.78, 5) is 10.8. The quantitative estimate of drug-likeness (QED) is 0.637. The van der Waals surface area contributed by atoms with Crippen LogP contribution in [0.5, 0.6) is 0 Å². The van der Waals surface area contributed by atoms with Crippen molar-refractivity contribution in [3.63, 3.8) is 0 Å². The Labute approximate surface area is 82.5 Å². The minimum atomic E-state index is -0.154. The van der Waals surface area contributed by atoms with E-state index in [2.05, 4.69) is 0 Å². The van der Waals surface area contributed by atoms with E-state index >= 15 is 0 Å². The molecule has 74 valence electrons. The fourth-order valence-corrected chi connectivity index (χ4v) is 1.92. The van der Waals surface area contributed by atoms with Gasteiger partial charge in [-0.05, 0) is 13.0 Å². The highest BCUT2D eigenvalue weighted by molar-refractivity contribution is 8.14. The molecular formula is C9H14O3S. The fraction of sp³-hybridized carbons (Fsp3) is 0.667. The van der Waals surface area contributed by atoms with Gasteiger partial charge < -0.3 is 9.47 Å². The van der Waals surface area contributed by atoms with Gasteiger partial charge in [0.15, 0.2) is 5.12 Å².